The van der Waals surface area contributed by atoms with Gasteiger partial charge in [-0.05, 0) is 35.2 Å². The molecule has 1 amide bonds. The van der Waals surface area contributed by atoms with Gasteiger partial charge in [0.25, 0.3) is 0 Å². The second kappa shape index (κ2) is 6.84. The maximum atomic E-state index is 12.0. The van der Waals surface area contributed by atoms with E-state index in [2.05, 4.69) is 17.4 Å². The summed E-state index contributed by atoms with van der Waals surface area (Å²) in [4.78, 5) is 12.0. The summed E-state index contributed by atoms with van der Waals surface area (Å²) in [6, 6.07) is 14.1. The fraction of sp³-hybridized carbons (Fsp3) is 0.316. The summed E-state index contributed by atoms with van der Waals surface area (Å²) in [7, 11) is 0. The maximum Gasteiger partial charge on any atom is 0.227 e. The van der Waals surface area contributed by atoms with Gasteiger partial charge in [0.2, 0.25) is 5.91 Å². The van der Waals surface area contributed by atoms with Crippen molar-refractivity contribution in [2.45, 2.75) is 19.8 Å². The normalized spacial score (nSPS) is 12.6. The molecule has 0 aliphatic heterocycles. The van der Waals surface area contributed by atoms with Crippen LogP contribution in [0.2, 0.25) is 0 Å². The Labute approximate surface area is 135 Å². The number of rotatable bonds is 6. The van der Waals surface area contributed by atoms with Gasteiger partial charge in [0.1, 0.15) is 11.3 Å². The van der Waals surface area contributed by atoms with E-state index in [9.17, 15) is 4.79 Å². The van der Waals surface area contributed by atoms with Crippen molar-refractivity contribution < 1.29 is 14.3 Å². The predicted octanol–water partition coefficient (Wildman–Crippen LogP) is 3.26. The number of hydrogen-bond acceptors (Lipinski definition) is 3. The summed E-state index contributed by atoms with van der Waals surface area (Å²) < 4.78 is 5.80. The SMILES string of the molecule is C[C@H](CCO)CNC(=O)Cc1cc2c(ccc3ccccc32)o1. The van der Waals surface area contributed by atoms with Gasteiger partial charge in [0.05, 0.1) is 6.42 Å². The largest absolute Gasteiger partial charge is 0.461 e. The van der Waals surface area contributed by atoms with Gasteiger partial charge in [-0.1, -0.05) is 37.3 Å². The van der Waals surface area contributed by atoms with E-state index >= 15 is 0 Å². The number of nitrogens with one attached hydrogen (secondary N) is 1. The Morgan fingerprint density at radius 3 is 2.87 bits per heavy atom. The third-order valence-corrected chi connectivity index (χ3v) is 4.08. The standard InChI is InChI=1S/C19H21NO3/c1-13(8-9-21)12-20-19(22)11-15-10-17-16-5-3-2-4-14(16)6-7-18(17)23-15/h2-7,10,13,21H,8-9,11-12H2,1H3,(H,20,22)/t13-/m1/s1. The molecule has 4 nitrogen and oxygen atoms in total. The topological polar surface area (TPSA) is 62.5 Å². The Hall–Kier alpha value is -2.33. The molecule has 120 valence electrons. The van der Waals surface area contributed by atoms with E-state index in [4.69, 9.17) is 9.52 Å². The zero-order chi connectivity index (χ0) is 16.2. The lowest BCUT2D eigenvalue weighted by molar-refractivity contribution is -0.120. The number of aliphatic hydroxyl groups is 1. The Morgan fingerprint density at radius 2 is 2.04 bits per heavy atom. The Kier molecular flexibility index (Phi) is 4.63. The lowest BCUT2D eigenvalue weighted by Crippen LogP contribution is -2.29. The number of carbonyl (C=O) groups is 1. The Balaban J connectivity index is 1.73. The van der Waals surface area contributed by atoms with E-state index in [0.717, 1.165) is 21.7 Å². The van der Waals surface area contributed by atoms with Crippen LogP contribution >= 0.6 is 0 Å². The molecule has 0 bridgehead atoms. The van der Waals surface area contributed by atoms with Crippen molar-refractivity contribution in [3.05, 3.63) is 48.2 Å². The molecule has 23 heavy (non-hydrogen) atoms. The fourth-order valence-corrected chi connectivity index (χ4v) is 2.76. The van der Waals surface area contributed by atoms with Gasteiger partial charge in [-0.2, -0.15) is 0 Å². The smallest absolute Gasteiger partial charge is 0.227 e. The summed E-state index contributed by atoms with van der Waals surface area (Å²) in [5.41, 5.74) is 0.806. The number of amides is 1. The molecule has 0 aliphatic carbocycles. The highest BCUT2D eigenvalue weighted by molar-refractivity contribution is 6.06. The Morgan fingerprint density at radius 1 is 1.22 bits per heavy atom. The first kappa shape index (κ1) is 15.6. The van der Waals surface area contributed by atoms with Crippen molar-refractivity contribution in [2.24, 2.45) is 5.92 Å². The third kappa shape index (κ3) is 3.54. The van der Waals surface area contributed by atoms with E-state index in [0.29, 0.717) is 18.7 Å². The summed E-state index contributed by atoms with van der Waals surface area (Å²) in [6.07, 6.45) is 0.922. The zero-order valence-corrected chi connectivity index (χ0v) is 13.2. The van der Waals surface area contributed by atoms with Crippen LogP contribution in [-0.2, 0) is 11.2 Å². The van der Waals surface area contributed by atoms with Crippen LogP contribution in [0.15, 0.2) is 46.9 Å². The van der Waals surface area contributed by atoms with Crippen LogP contribution in [0.5, 0.6) is 0 Å². The molecule has 0 unspecified atom stereocenters. The summed E-state index contributed by atoms with van der Waals surface area (Å²) in [6.45, 7) is 2.72. The highest BCUT2D eigenvalue weighted by atomic mass is 16.3. The highest BCUT2D eigenvalue weighted by Gasteiger charge is 2.11. The molecule has 0 fully saturated rings. The van der Waals surface area contributed by atoms with Gasteiger partial charge in [0.15, 0.2) is 0 Å². The summed E-state index contributed by atoms with van der Waals surface area (Å²) in [5.74, 6) is 0.880. The zero-order valence-electron chi connectivity index (χ0n) is 13.2. The van der Waals surface area contributed by atoms with Crippen LogP contribution in [0.25, 0.3) is 21.7 Å². The lowest BCUT2D eigenvalue weighted by Gasteiger charge is -2.10. The van der Waals surface area contributed by atoms with Crippen LogP contribution in [0.1, 0.15) is 19.1 Å². The summed E-state index contributed by atoms with van der Waals surface area (Å²) >= 11 is 0. The van der Waals surface area contributed by atoms with Crippen LogP contribution < -0.4 is 5.32 Å². The van der Waals surface area contributed by atoms with Crippen LogP contribution in [-0.4, -0.2) is 24.2 Å². The van der Waals surface area contributed by atoms with E-state index in [1.54, 1.807) is 0 Å². The van der Waals surface area contributed by atoms with Crippen LogP contribution in [0.4, 0.5) is 0 Å². The van der Waals surface area contributed by atoms with Gasteiger partial charge >= 0.3 is 0 Å². The molecule has 1 aromatic heterocycles. The second-order valence-electron chi connectivity index (χ2n) is 6.01. The molecule has 0 aliphatic rings. The average molecular weight is 311 g/mol. The maximum absolute atomic E-state index is 12.0. The van der Waals surface area contributed by atoms with Crippen molar-refractivity contribution in [1.82, 2.24) is 5.32 Å². The molecule has 4 heteroatoms. The van der Waals surface area contributed by atoms with E-state index in [1.165, 1.54) is 0 Å². The molecule has 0 saturated carbocycles. The first-order chi connectivity index (χ1) is 11.2. The molecule has 3 rings (SSSR count). The number of carbonyl (C=O) groups excluding carboxylic acids is 1. The minimum absolute atomic E-state index is 0.0573. The number of furan rings is 1. The van der Waals surface area contributed by atoms with Gasteiger partial charge in [-0.15, -0.1) is 0 Å². The monoisotopic (exact) mass is 311 g/mol. The van der Waals surface area contributed by atoms with Crippen LogP contribution in [0, 0.1) is 5.92 Å². The molecular weight excluding hydrogens is 290 g/mol. The van der Waals surface area contributed by atoms with Gasteiger partial charge in [-0.25, -0.2) is 0 Å². The summed E-state index contributed by atoms with van der Waals surface area (Å²) in [5, 5.41) is 15.1. The minimum Gasteiger partial charge on any atom is -0.461 e. The van der Waals surface area contributed by atoms with Crippen LogP contribution in [0.3, 0.4) is 0 Å². The van der Waals surface area contributed by atoms with Crippen molar-refractivity contribution in [3.8, 4) is 0 Å². The molecule has 2 N–H and O–H groups in total. The Bertz CT molecular complexity index is 822. The van der Waals surface area contributed by atoms with Crippen molar-refractivity contribution >= 4 is 27.6 Å². The average Bonchev–Trinajstić information content (AvgIpc) is 2.96. The number of fused-ring (bicyclic) bond motifs is 3. The van der Waals surface area contributed by atoms with E-state index < -0.39 is 0 Å². The second-order valence-corrected chi connectivity index (χ2v) is 6.01. The molecule has 1 atom stereocenters. The molecular formula is C19H21NO3. The molecule has 3 aromatic rings. The van der Waals surface area contributed by atoms with Crippen molar-refractivity contribution in [1.29, 1.82) is 0 Å². The van der Waals surface area contributed by atoms with Crippen molar-refractivity contribution in [2.75, 3.05) is 13.2 Å². The fourth-order valence-electron chi connectivity index (χ4n) is 2.76. The quantitative estimate of drug-likeness (QED) is 0.734. The van der Waals surface area contributed by atoms with Gasteiger partial charge in [-0.3, -0.25) is 4.79 Å². The number of benzene rings is 2. The van der Waals surface area contributed by atoms with Gasteiger partial charge < -0.3 is 14.8 Å². The molecule has 2 aromatic carbocycles. The third-order valence-electron chi connectivity index (χ3n) is 4.08. The lowest BCUT2D eigenvalue weighted by atomic mass is 10.1. The number of aliphatic hydroxyl groups excluding tert-OH is 1. The molecule has 0 radical (unpaired) electrons. The van der Waals surface area contributed by atoms with E-state index in [-0.39, 0.29) is 24.9 Å². The number of hydrogen-bond donors (Lipinski definition) is 2. The van der Waals surface area contributed by atoms with Gasteiger partial charge in [0, 0.05) is 18.5 Å². The molecule has 0 spiro atoms. The van der Waals surface area contributed by atoms with Crippen molar-refractivity contribution in [3.63, 3.8) is 0 Å². The minimum atomic E-state index is -0.0573. The first-order valence-corrected chi connectivity index (χ1v) is 7.95. The van der Waals surface area contributed by atoms with E-state index in [1.807, 2.05) is 37.3 Å². The predicted molar refractivity (Wildman–Crippen MR) is 91.3 cm³/mol. The molecule has 0 saturated heterocycles. The first-order valence-electron chi connectivity index (χ1n) is 7.95. The molecule has 1 heterocycles. The highest BCUT2D eigenvalue weighted by Crippen LogP contribution is 2.28.